The number of aromatic nitrogens is 4. The molecule has 0 aliphatic rings. The number of likely N-dealkylation sites (N-methyl/N-ethyl adjacent to an activating group) is 1. The van der Waals surface area contributed by atoms with E-state index in [0.717, 1.165) is 10.1 Å². The number of hydrogen-bond donors (Lipinski definition) is 1. The molecule has 0 saturated carbocycles. The molecule has 20 heavy (non-hydrogen) atoms. The van der Waals surface area contributed by atoms with Gasteiger partial charge in [0.25, 0.3) is 0 Å². The van der Waals surface area contributed by atoms with Crippen LogP contribution in [0.25, 0.3) is 0 Å². The maximum Gasteiger partial charge on any atom is 0.316 e. The molecule has 2 rings (SSSR count). The monoisotopic (exact) mass is 390 g/mol. The van der Waals surface area contributed by atoms with Crippen molar-refractivity contribution in [1.29, 1.82) is 0 Å². The first kappa shape index (κ1) is 14.9. The van der Waals surface area contributed by atoms with E-state index in [1.807, 2.05) is 25.2 Å². The van der Waals surface area contributed by atoms with Gasteiger partial charge in [-0.25, -0.2) is 0 Å². The highest BCUT2D eigenvalue weighted by molar-refractivity contribution is 14.1. The van der Waals surface area contributed by atoms with Crippen LogP contribution in [0.4, 0.5) is 0 Å². The molecule has 2 heterocycles. The van der Waals surface area contributed by atoms with Crippen LogP contribution in [-0.2, 0) is 6.54 Å². The van der Waals surface area contributed by atoms with Crippen molar-refractivity contribution >= 4 is 28.5 Å². The average Bonchev–Trinajstić information content (AvgIpc) is 2.99. The van der Waals surface area contributed by atoms with Gasteiger partial charge in [0.1, 0.15) is 6.54 Å². The average molecular weight is 390 g/mol. The molecule has 2 aromatic rings. The molecule has 0 aromatic carbocycles. The topological polar surface area (TPSA) is 89.1 Å². The molecule has 0 bridgehead atoms. The first-order valence-electron chi connectivity index (χ1n) is 5.98. The highest BCUT2D eigenvalue weighted by Gasteiger charge is 2.15. The van der Waals surface area contributed by atoms with Crippen molar-refractivity contribution < 1.29 is 9.32 Å². The van der Waals surface area contributed by atoms with Gasteiger partial charge in [-0.15, -0.1) is 0 Å². The molecule has 0 radical (unpaired) electrons. The molecule has 0 aliphatic carbocycles. The first-order chi connectivity index (χ1) is 9.54. The fourth-order valence-corrected chi connectivity index (χ4v) is 1.89. The van der Waals surface area contributed by atoms with E-state index in [4.69, 9.17) is 4.52 Å². The lowest BCUT2D eigenvalue weighted by atomic mass is 10.5. The van der Waals surface area contributed by atoms with Gasteiger partial charge in [0, 0.05) is 19.3 Å². The van der Waals surface area contributed by atoms with Crippen LogP contribution in [0.3, 0.4) is 0 Å². The van der Waals surface area contributed by atoms with E-state index < -0.39 is 0 Å². The van der Waals surface area contributed by atoms with Crippen LogP contribution in [0.2, 0.25) is 0 Å². The van der Waals surface area contributed by atoms with Crippen molar-refractivity contribution in [2.45, 2.75) is 6.54 Å². The number of carbonyl (C=O) groups excluding carboxylic acids is 1. The van der Waals surface area contributed by atoms with E-state index in [2.05, 4.69) is 43.1 Å². The van der Waals surface area contributed by atoms with Gasteiger partial charge in [0.2, 0.25) is 0 Å². The zero-order valence-electron chi connectivity index (χ0n) is 11.2. The van der Waals surface area contributed by atoms with E-state index >= 15 is 0 Å². The van der Waals surface area contributed by atoms with Crippen LogP contribution in [0.5, 0.6) is 0 Å². The number of rotatable bonds is 6. The molecule has 9 heteroatoms. The first-order valence-corrected chi connectivity index (χ1v) is 7.06. The summed E-state index contributed by atoms with van der Waals surface area (Å²) in [4.78, 5) is 17.8. The minimum atomic E-state index is -0.361. The van der Waals surface area contributed by atoms with Gasteiger partial charge in [-0.2, -0.15) is 10.1 Å². The highest BCUT2D eigenvalue weighted by Crippen LogP contribution is 2.04. The van der Waals surface area contributed by atoms with Crippen LogP contribution in [-0.4, -0.2) is 57.9 Å². The zero-order chi connectivity index (χ0) is 14.5. The van der Waals surface area contributed by atoms with Gasteiger partial charge < -0.3 is 14.7 Å². The Morgan fingerprint density at radius 2 is 2.35 bits per heavy atom. The lowest BCUT2D eigenvalue weighted by Gasteiger charge is -2.08. The van der Waals surface area contributed by atoms with Crippen molar-refractivity contribution in [1.82, 2.24) is 30.1 Å². The number of carbonyl (C=O) groups is 1. The second-order valence-corrected chi connectivity index (χ2v) is 5.68. The lowest BCUT2D eigenvalue weighted by Crippen LogP contribution is -2.31. The van der Waals surface area contributed by atoms with Crippen LogP contribution < -0.4 is 5.32 Å². The second-order valence-electron chi connectivity index (χ2n) is 4.43. The highest BCUT2D eigenvalue weighted by atomic mass is 127. The van der Waals surface area contributed by atoms with E-state index in [-0.39, 0.29) is 11.8 Å². The predicted octanol–water partition coefficient (Wildman–Crippen LogP) is 0.210. The van der Waals surface area contributed by atoms with Gasteiger partial charge in [0.15, 0.2) is 5.82 Å². The van der Waals surface area contributed by atoms with Gasteiger partial charge in [-0.3, -0.25) is 9.48 Å². The number of halogens is 1. The van der Waals surface area contributed by atoms with Crippen molar-refractivity contribution in [3.05, 3.63) is 27.7 Å². The number of nitrogens with one attached hydrogen (secondary N) is 1. The molecule has 0 atom stereocenters. The summed E-state index contributed by atoms with van der Waals surface area (Å²) in [5.74, 6) is 0.0310. The van der Waals surface area contributed by atoms with Crippen molar-refractivity contribution in [2.75, 3.05) is 27.2 Å². The third kappa shape index (κ3) is 4.27. The lowest BCUT2D eigenvalue weighted by molar-refractivity contribution is 0.0907. The Hall–Kier alpha value is -1.49. The van der Waals surface area contributed by atoms with Crippen LogP contribution in [0.15, 0.2) is 16.9 Å². The van der Waals surface area contributed by atoms with E-state index in [9.17, 15) is 4.79 Å². The summed E-state index contributed by atoms with van der Waals surface area (Å²) in [6.45, 7) is 1.65. The molecule has 1 amide bonds. The largest absolute Gasteiger partial charge is 0.347 e. The minimum absolute atomic E-state index is 0.0272. The second kappa shape index (κ2) is 6.79. The summed E-state index contributed by atoms with van der Waals surface area (Å²) in [5, 5.41) is 10.6. The van der Waals surface area contributed by atoms with Gasteiger partial charge >= 0.3 is 11.8 Å². The van der Waals surface area contributed by atoms with Crippen LogP contribution in [0, 0.1) is 3.57 Å². The van der Waals surface area contributed by atoms with E-state index in [0.29, 0.717) is 18.9 Å². The van der Waals surface area contributed by atoms with Crippen molar-refractivity contribution in [3.63, 3.8) is 0 Å². The third-order valence-corrected chi connectivity index (χ3v) is 2.97. The summed E-state index contributed by atoms with van der Waals surface area (Å²) in [6, 6.07) is 0. The molecular weight excluding hydrogens is 375 g/mol. The Kier molecular flexibility index (Phi) is 5.06. The third-order valence-electron chi connectivity index (χ3n) is 2.41. The Bertz CT molecular complexity index is 579. The van der Waals surface area contributed by atoms with Gasteiger partial charge in [-0.1, -0.05) is 5.16 Å². The molecular formula is C11H15IN6O2. The summed E-state index contributed by atoms with van der Waals surface area (Å²) >= 11 is 2.16. The zero-order valence-corrected chi connectivity index (χ0v) is 13.4. The Morgan fingerprint density at radius 3 is 3.00 bits per heavy atom. The van der Waals surface area contributed by atoms with Crippen molar-refractivity contribution in [3.8, 4) is 0 Å². The molecule has 1 N–H and O–H groups in total. The Balaban J connectivity index is 1.89. The SMILES string of the molecule is CN(C)CCNC(=O)c1nc(Cn2cc(I)cn2)no1. The van der Waals surface area contributed by atoms with Gasteiger partial charge in [-0.05, 0) is 36.7 Å². The van der Waals surface area contributed by atoms with Gasteiger partial charge in [0.05, 0.1) is 9.77 Å². The molecule has 2 aromatic heterocycles. The number of amides is 1. The summed E-state index contributed by atoms with van der Waals surface area (Å²) in [6.07, 6.45) is 3.59. The van der Waals surface area contributed by atoms with Crippen LogP contribution >= 0.6 is 22.6 Å². The molecule has 0 unspecified atom stereocenters. The summed E-state index contributed by atoms with van der Waals surface area (Å²) < 4.78 is 7.64. The molecule has 8 nitrogen and oxygen atoms in total. The quantitative estimate of drug-likeness (QED) is 0.710. The minimum Gasteiger partial charge on any atom is -0.347 e. The fraction of sp³-hybridized carbons (Fsp3) is 0.455. The molecule has 108 valence electrons. The molecule has 0 fully saturated rings. The Morgan fingerprint density at radius 1 is 1.55 bits per heavy atom. The fourth-order valence-electron chi connectivity index (χ4n) is 1.45. The normalized spacial score (nSPS) is 11.0. The Labute approximate surface area is 129 Å². The molecule has 0 saturated heterocycles. The number of nitrogens with zero attached hydrogens (tertiary/aromatic N) is 5. The smallest absolute Gasteiger partial charge is 0.316 e. The maximum absolute atomic E-state index is 11.7. The summed E-state index contributed by atoms with van der Waals surface area (Å²) in [5.41, 5.74) is 0. The summed E-state index contributed by atoms with van der Waals surface area (Å²) in [7, 11) is 3.87. The van der Waals surface area contributed by atoms with E-state index in [1.165, 1.54) is 0 Å². The molecule has 0 aliphatic heterocycles. The number of hydrogen-bond acceptors (Lipinski definition) is 6. The standard InChI is InChI=1S/C11H15IN6O2/c1-17(2)4-3-13-10(19)11-15-9(16-20-11)7-18-6-8(12)5-14-18/h5-6H,3-4,7H2,1-2H3,(H,13,19). The maximum atomic E-state index is 11.7. The van der Waals surface area contributed by atoms with Crippen LogP contribution in [0.1, 0.15) is 16.5 Å². The van der Waals surface area contributed by atoms with Crippen molar-refractivity contribution in [2.24, 2.45) is 0 Å². The molecule has 0 spiro atoms. The predicted molar refractivity (Wildman–Crippen MR) is 79.2 cm³/mol. The van der Waals surface area contributed by atoms with E-state index in [1.54, 1.807) is 10.9 Å².